The summed E-state index contributed by atoms with van der Waals surface area (Å²) < 4.78 is 10.6. The van der Waals surface area contributed by atoms with Gasteiger partial charge in [-0.05, 0) is 26.0 Å². The van der Waals surface area contributed by atoms with Crippen molar-refractivity contribution < 1.29 is 9.47 Å². The van der Waals surface area contributed by atoms with Gasteiger partial charge in [-0.25, -0.2) is 4.98 Å². The fourth-order valence-corrected chi connectivity index (χ4v) is 2.74. The van der Waals surface area contributed by atoms with Gasteiger partial charge in [0.2, 0.25) is 0 Å². The molecule has 0 aliphatic rings. The first kappa shape index (κ1) is 14.8. The van der Waals surface area contributed by atoms with Crippen LogP contribution in [0.25, 0.3) is 0 Å². The highest BCUT2D eigenvalue weighted by molar-refractivity contribution is 7.11. The average molecular weight is 292 g/mol. The van der Waals surface area contributed by atoms with E-state index in [9.17, 15) is 0 Å². The van der Waals surface area contributed by atoms with Crippen LogP contribution in [0.2, 0.25) is 0 Å². The molecular weight excluding hydrogens is 272 g/mol. The summed E-state index contributed by atoms with van der Waals surface area (Å²) in [6, 6.07) is 7.96. The summed E-state index contributed by atoms with van der Waals surface area (Å²) in [7, 11) is 1.67. The highest BCUT2D eigenvalue weighted by Crippen LogP contribution is 2.21. The number of rotatable bonds is 7. The number of anilines is 1. The van der Waals surface area contributed by atoms with Crippen LogP contribution in [0, 0.1) is 13.8 Å². The molecule has 2 rings (SSSR count). The smallest absolute Gasteiger partial charge is 0.121 e. The fourth-order valence-electron chi connectivity index (χ4n) is 1.86. The summed E-state index contributed by atoms with van der Waals surface area (Å²) in [6.45, 7) is 6.03. The van der Waals surface area contributed by atoms with Crippen molar-refractivity contribution in [3.63, 3.8) is 0 Å². The Morgan fingerprint density at radius 3 is 2.80 bits per heavy atom. The maximum Gasteiger partial charge on any atom is 0.121 e. The van der Waals surface area contributed by atoms with Crippen molar-refractivity contribution in [2.24, 2.45) is 0 Å². The minimum absolute atomic E-state index is 0.563. The largest absolute Gasteiger partial charge is 0.491 e. The predicted molar refractivity (Wildman–Crippen MR) is 82.7 cm³/mol. The molecule has 1 aromatic carbocycles. The third-order valence-corrected chi connectivity index (χ3v) is 3.92. The van der Waals surface area contributed by atoms with E-state index in [1.54, 1.807) is 18.4 Å². The lowest BCUT2D eigenvalue weighted by Crippen LogP contribution is -2.05. The molecule has 0 radical (unpaired) electrons. The summed E-state index contributed by atoms with van der Waals surface area (Å²) in [4.78, 5) is 5.70. The van der Waals surface area contributed by atoms with Crippen LogP contribution in [0.3, 0.4) is 0 Å². The highest BCUT2D eigenvalue weighted by atomic mass is 32.1. The van der Waals surface area contributed by atoms with E-state index in [1.807, 2.05) is 38.1 Å². The second kappa shape index (κ2) is 7.26. The normalized spacial score (nSPS) is 10.6. The molecule has 0 saturated heterocycles. The van der Waals surface area contributed by atoms with E-state index in [2.05, 4.69) is 10.3 Å². The molecule has 0 aliphatic heterocycles. The molecule has 0 bridgehead atoms. The molecule has 20 heavy (non-hydrogen) atoms. The first-order valence-electron chi connectivity index (χ1n) is 6.57. The zero-order chi connectivity index (χ0) is 14.4. The maximum atomic E-state index is 5.59. The summed E-state index contributed by atoms with van der Waals surface area (Å²) in [5.41, 5.74) is 2.15. The zero-order valence-electron chi connectivity index (χ0n) is 12.1. The Morgan fingerprint density at radius 1 is 1.25 bits per heavy atom. The number of ether oxygens (including phenoxy) is 2. The predicted octanol–water partition coefficient (Wildman–Crippen LogP) is 3.40. The summed E-state index contributed by atoms with van der Waals surface area (Å²) in [5, 5.41) is 4.51. The van der Waals surface area contributed by atoms with E-state index in [1.165, 1.54) is 4.88 Å². The van der Waals surface area contributed by atoms with Crippen LogP contribution in [0.1, 0.15) is 15.6 Å². The van der Waals surface area contributed by atoms with Crippen molar-refractivity contribution in [3.8, 4) is 5.75 Å². The number of hydrogen-bond acceptors (Lipinski definition) is 5. The van der Waals surface area contributed by atoms with E-state index < -0.39 is 0 Å². The topological polar surface area (TPSA) is 43.4 Å². The standard InChI is InChI=1S/C15H20N2O2S/c1-11-15(20-12(2)17-11)10-16-13-5-4-6-14(9-13)19-8-7-18-3/h4-6,9,16H,7-8,10H2,1-3H3. The molecule has 1 N–H and O–H groups in total. The van der Waals surface area contributed by atoms with E-state index in [0.717, 1.165) is 28.7 Å². The van der Waals surface area contributed by atoms with Crippen LogP contribution < -0.4 is 10.1 Å². The number of thiazole rings is 1. The number of nitrogens with zero attached hydrogens (tertiary/aromatic N) is 1. The third-order valence-electron chi connectivity index (χ3n) is 2.84. The summed E-state index contributed by atoms with van der Waals surface area (Å²) in [5.74, 6) is 0.851. The number of aromatic nitrogens is 1. The van der Waals surface area contributed by atoms with Crippen LogP contribution in [0.4, 0.5) is 5.69 Å². The minimum Gasteiger partial charge on any atom is -0.491 e. The Labute approximate surface area is 123 Å². The molecular formula is C15H20N2O2S. The molecule has 0 aliphatic carbocycles. The van der Waals surface area contributed by atoms with Crippen LogP contribution in [0.5, 0.6) is 5.75 Å². The first-order chi connectivity index (χ1) is 9.69. The number of hydrogen-bond donors (Lipinski definition) is 1. The van der Waals surface area contributed by atoms with Crippen molar-refractivity contribution in [1.82, 2.24) is 4.98 Å². The van der Waals surface area contributed by atoms with Crippen molar-refractivity contribution >= 4 is 17.0 Å². The van der Waals surface area contributed by atoms with E-state index in [4.69, 9.17) is 9.47 Å². The van der Waals surface area contributed by atoms with E-state index >= 15 is 0 Å². The van der Waals surface area contributed by atoms with Gasteiger partial charge < -0.3 is 14.8 Å². The van der Waals surface area contributed by atoms with Crippen LogP contribution in [-0.4, -0.2) is 25.3 Å². The minimum atomic E-state index is 0.563. The Balaban J connectivity index is 1.92. The quantitative estimate of drug-likeness (QED) is 0.794. The van der Waals surface area contributed by atoms with Gasteiger partial charge in [-0.1, -0.05) is 6.07 Å². The van der Waals surface area contributed by atoms with Gasteiger partial charge in [-0.15, -0.1) is 11.3 Å². The zero-order valence-corrected chi connectivity index (χ0v) is 12.9. The van der Waals surface area contributed by atoms with Gasteiger partial charge in [-0.3, -0.25) is 0 Å². The fraction of sp³-hybridized carbons (Fsp3) is 0.400. The van der Waals surface area contributed by atoms with Gasteiger partial charge in [0.1, 0.15) is 12.4 Å². The van der Waals surface area contributed by atoms with Crippen LogP contribution >= 0.6 is 11.3 Å². The molecule has 1 aromatic heterocycles. The molecule has 0 spiro atoms. The Morgan fingerprint density at radius 2 is 2.10 bits per heavy atom. The molecule has 0 unspecified atom stereocenters. The van der Waals surface area contributed by atoms with Crippen molar-refractivity contribution in [2.75, 3.05) is 25.6 Å². The number of aryl methyl sites for hydroxylation is 2. The molecule has 1 heterocycles. The molecule has 5 heteroatoms. The SMILES string of the molecule is COCCOc1cccc(NCc2sc(C)nc2C)c1. The Hall–Kier alpha value is -1.59. The lowest BCUT2D eigenvalue weighted by molar-refractivity contribution is 0.146. The van der Waals surface area contributed by atoms with Crippen LogP contribution in [0.15, 0.2) is 24.3 Å². The molecule has 0 atom stereocenters. The number of methoxy groups -OCH3 is 1. The third kappa shape index (κ3) is 4.21. The first-order valence-corrected chi connectivity index (χ1v) is 7.39. The molecule has 4 nitrogen and oxygen atoms in total. The lowest BCUT2D eigenvalue weighted by atomic mass is 10.3. The van der Waals surface area contributed by atoms with Gasteiger partial charge in [0, 0.05) is 23.7 Å². The average Bonchev–Trinajstić information content (AvgIpc) is 2.76. The van der Waals surface area contributed by atoms with E-state index in [0.29, 0.717) is 13.2 Å². The molecule has 0 amide bonds. The van der Waals surface area contributed by atoms with Crippen LogP contribution in [-0.2, 0) is 11.3 Å². The molecule has 2 aromatic rings. The molecule has 0 saturated carbocycles. The second-order valence-corrected chi connectivity index (χ2v) is 5.75. The number of nitrogens with one attached hydrogen (secondary N) is 1. The Kier molecular flexibility index (Phi) is 5.38. The van der Waals surface area contributed by atoms with Gasteiger partial charge in [0.15, 0.2) is 0 Å². The van der Waals surface area contributed by atoms with Gasteiger partial charge in [0.05, 0.1) is 23.9 Å². The van der Waals surface area contributed by atoms with Crippen molar-refractivity contribution in [1.29, 1.82) is 0 Å². The molecule has 0 fully saturated rings. The van der Waals surface area contributed by atoms with Crippen molar-refractivity contribution in [2.45, 2.75) is 20.4 Å². The lowest BCUT2D eigenvalue weighted by Gasteiger charge is -2.09. The van der Waals surface area contributed by atoms with Gasteiger partial charge in [-0.2, -0.15) is 0 Å². The second-order valence-electron chi connectivity index (χ2n) is 4.46. The summed E-state index contributed by atoms with van der Waals surface area (Å²) in [6.07, 6.45) is 0. The molecule has 108 valence electrons. The van der Waals surface area contributed by atoms with E-state index in [-0.39, 0.29) is 0 Å². The van der Waals surface area contributed by atoms with Gasteiger partial charge >= 0.3 is 0 Å². The van der Waals surface area contributed by atoms with Gasteiger partial charge in [0.25, 0.3) is 0 Å². The van der Waals surface area contributed by atoms with Crippen molar-refractivity contribution in [3.05, 3.63) is 39.8 Å². The monoisotopic (exact) mass is 292 g/mol. The maximum absolute atomic E-state index is 5.59. The number of benzene rings is 1. The Bertz CT molecular complexity index is 555. The highest BCUT2D eigenvalue weighted by Gasteiger charge is 2.04. The summed E-state index contributed by atoms with van der Waals surface area (Å²) >= 11 is 1.73.